The van der Waals surface area contributed by atoms with E-state index < -0.39 is 5.56 Å². The Morgan fingerprint density at radius 2 is 1.48 bits per heavy atom. The van der Waals surface area contributed by atoms with Gasteiger partial charge in [0.2, 0.25) is 6.19 Å². The number of rotatable bonds is 2. The van der Waals surface area contributed by atoms with Crippen LogP contribution in [0, 0.1) is 11.5 Å². The molecule has 1 aromatic heterocycles. The molecule has 0 atom stereocenters. The van der Waals surface area contributed by atoms with E-state index in [4.69, 9.17) is 5.26 Å². The zero-order chi connectivity index (χ0) is 14.7. The molecule has 2 aromatic carbocycles. The Morgan fingerprint density at radius 1 is 0.905 bits per heavy atom. The normalized spacial score (nSPS) is 10.0. The van der Waals surface area contributed by atoms with E-state index in [0.29, 0.717) is 5.69 Å². The lowest BCUT2D eigenvalue weighted by Crippen LogP contribution is -2.19. The van der Waals surface area contributed by atoms with Gasteiger partial charge >= 0.3 is 0 Å². The first-order chi connectivity index (χ1) is 10.3. The third-order valence-electron chi connectivity index (χ3n) is 3.16. The predicted octanol–water partition coefficient (Wildman–Crippen LogP) is 2.91. The topological polar surface area (TPSA) is 58.7 Å². The van der Waals surface area contributed by atoms with E-state index >= 15 is 0 Å². The molecule has 0 bridgehead atoms. The van der Waals surface area contributed by atoms with Gasteiger partial charge in [-0.05, 0) is 5.56 Å². The van der Waals surface area contributed by atoms with Crippen molar-refractivity contribution < 1.29 is 0 Å². The maximum absolute atomic E-state index is 11.9. The third kappa shape index (κ3) is 2.45. The van der Waals surface area contributed by atoms with Gasteiger partial charge < -0.3 is 0 Å². The van der Waals surface area contributed by atoms with Crippen LogP contribution in [0.15, 0.2) is 71.5 Å². The Labute approximate surface area is 121 Å². The number of aromatic nitrogens is 2. The van der Waals surface area contributed by atoms with Gasteiger partial charge in [-0.1, -0.05) is 60.7 Å². The third-order valence-corrected chi connectivity index (χ3v) is 3.16. The summed E-state index contributed by atoms with van der Waals surface area (Å²) in [6, 6.07) is 20.5. The molecule has 0 amide bonds. The first kappa shape index (κ1) is 12.8. The Hall–Kier alpha value is -3.19. The second-order valence-corrected chi connectivity index (χ2v) is 4.49. The molecule has 3 aromatic rings. The van der Waals surface area contributed by atoms with Crippen molar-refractivity contribution in [1.29, 1.82) is 5.26 Å². The quantitative estimate of drug-likeness (QED) is 0.721. The van der Waals surface area contributed by atoms with Gasteiger partial charge in [0.1, 0.15) is 5.69 Å². The second kappa shape index (κ2) is 5.43. The lowest BCUT2D eigenvalue weighted by molar-refractivity contribution is 0.829. The fourth-order valence-corrected chi connectivity index (χ4v) is 2.17. The summed E-state index contributed by atoms with van der Waals surface area (Å²) < 4.78 is 0.800. The summed E-state index contributed by atoms with van der Waals surface area (Å²) in [5.74, 6) is 0. The SMILES string of the molecule is N#Cn1nc(-c2ccccc2)c(-c2ccccc2)cc1=O. The maximum Gasteiger partial charge on any atom is 0.281 e. The average Bonchev–Trinajstić information content (AvgIpc) is 2.56. The Kier molecular flexibility index (Phi) is 3.32. The lowest BCUT2D eigenvalue weighted by atomic mass is 10.0. The summed E-state index contributed by atoms with van der Waals surface area (Å²) in [7, 11) is 0. The highest BCUT2D eigenvalue weighted by molar-refractivity contribution is 5.80. The first-order valence-corrected chi connectivity index (χ1v) is 6.45. The number of nitriles is 1. The number of hydrogen-bond donors (Lipinski definition) is 0. The molecule has 0 aliphatic heterocycles. The smallest absolute Gasteiger partial charge is 0.267 e. The molecule has 4 heteroatoms. The molecule has 0 saturated heterocycles. The van der Waals surface area contributed by atoms with Crippen molar-refractivity contribution in [1.82, 2.24) is 9.78 Å². The molecule has 0 unspecified atom stereocenters. The highest BCUT2D eigenvalue weighted by Crippen LogP contribution is 2.28. The fourth-order valence-electron chi connectivity index (χ4n) is 2.17. The van der Waals surface area contributed by atoms with Gasteiger partial charge in [-0.15, -0.1) is 4.68 Å². The van der Waals surface area contributed by atoms with Crippen molar-refractivity contribution in [3.8, 4) is 28.6 Å². The lowest BCUT2D eigenvalue weighted by Gasteiger charge is -2.09. The van der Waals surface area contributed by atoms with Crippen molar-refractivity contribution in [3.63, 3.8) is 0 Å². The number of hydrogen-bond acceptors (Lipinski definition) is 3. The van der Waals surface area contributed by atoms with Crippen LogP contribution in [0.1, 0.15) is 0 Å². The van der Waals surface area contributed by atoms with Crippen LogP contribution in [0.4, 0.5) is 0 Å². The predicted molar refractivity (Wildman–Crippen MR) is 80.4 cm³/mol. The average molecular weight is 273 g/mol. The summed E-state index contributed by atoms with van der Waals surface area (Å²) in [6.45, 7) is 0. The van der Waals surface area contributed by atoms with Crippen LogP contribution in [0.3, 0.4) is 0 Å². The monoisotopic (exact) mass is 273 g/mol. The van der Waals surface area contributed by atoms with Gasteiger partial charge in [-0.3, -0.25) is 4.79 Å². The van der Waals surface area contributed by atoms with Crippen LogP contribution in [-0.4, -0.2) is 9.78 Å². The second-order valence-electron chi connectivity index (χ2n) is 4.49. The minimum Gasteiger partial charge on any atom is -0.267 e. The van der Waals surface area contributed by atoms with E-state index in [1.165, 1.54) is 6.07 Å². The maximum atomic E-state index is 11.9. The molecule has 0 fully saturated rings. The van der Waals surface area contributed by atoms with Crippen LogP contribution in [0.2, 0.25) is 0 Å². The van der Waals surface area contributed by atoms with Crippen LogP contribution >= 0.6 is 0 Å². The highest BCUT2D eigenvalue weighted by atomic mass is 16.1. The van der Waals surface area contributed by atoms with Gasteiger partial charge in [0.25, 0.3) is 5.56 Å². The van der Waals surface area contributed by atoms with E-state index in [1.807, 2.05) is 60.7 Å². The van der Waals surface area contributed by atoms with Crippen LogP contribution < -0.4 is 5.56 Å². The minimum atomic E-state index is -0.434. The molecule has 3 rings (SSSR count). The van der Waals surface area contributed by atoms with E-state index in [0.717, 1.165) is 21.4 Å². The van der Waals surface area contributed by atoms with Crippen molar-refractivity contribution >= 4 is 0 Å². The zero-order valence-electron chi connectivity index (χ0n) is 11.1. The first-order valence-electron chi connectivity index (χ1n) is 6.45. The molecule has 4 nitrogen and oxygen atoms in total. The minimum absolute atomic E-state index is 0.434. The van der Waals surface area contributed by atoms with E-state index in [9.17, 15) is 4.79 Å². The Morgan fingerprint density at radius 3 is 2.05 bits per heavy atom. The summed E-state index contributed by atoms with van der Waals surface area (Å²) >= 11 is 0. The van der Waals surface area contributed by atoms with Crippen LogP contribution in [-0.2, 0) is 0 Å². The highest BCUT2D eigenvalue weighted by Gasteiger charge is 2.12. The van der Waals surface area contributed by atoms with Crippen molar-refractivity contribution in [2.45, 2.75) is 0 Å². The van der Waals surface area contributed by atoms with Gasteiger partial charge in [-0.25, -0.2) is 0 Å². The van der Waals surface area contributed by atoms with E-state index in [2.05, 4.69) is 5.10 Å². The van der Waals surface area contributed by atoms with Gasteiger partial charge in [0.05, 0.1) is 0 Å². The largest absolute Gasteiger partial charge is 0.281 e. The molecule has 0 aliphatic rings. The Balaban J connectivity index is 2.32. The molecule has 100 valence electrons. The summed E-state index contributed by atoms with van der Waals surface area (Å²) in [4.78, 5) is 11.9. The van der Waals surface area contributed by atoms with Gasteiger partial charge in [0, 0.05) is 17.2 Å². The summed E-state index contributed by atoms with van der Waals surface area (Å²) in [5, 5.41) is 13.2. The van der Waals surface area contributed by atoms with Gasteiger partial charge in [0.15, 0.2) is 0 Å². The summed E-state index contributed by atoms with van der Waals surface area (Å²) in [5.41, 5.74) is 2.66. The molecule has 0 N–H and O–H groups in total. The zero-order valence-corrected chi connectivity index (χ0v) is 11.1. The molecule has 0 aliphatic carbocycles. The number of benzene rings is 2. The molecular weight excluding hydrogens is 262 g/mol. The van der Waals surface area contributed by atoms with Crippen molar-refractivity contribution in [2.24, 2.45) is 0 Å². The fraction of sp³-hybridized carbons (Fsp3) is 0. The van der Waals surface area contributed by atoms with E-state index in [1.54, 1.807) is 6.19 Å². The van der Waals surface area contributed by atoms with Crippen LogP contribution in [0.5, 0.6) is 0 Å². The molecule has 21 heavy (non-hydrogen) atoms. The van der Waals surface area contributed by atoms with Crippen molar-refractivity contribution in [2.75, 3.05) is 0 Å². The van der Waals surface area contributed by atoms with Gasteiger partial charge in [-0.2, -0.15) is 10.4 Å². The Bertz CT molecular complexity index is 862. The molecule has 0 radical (unpaired) electrons. The number of nitrogens with zero attached hydrogens (tertiary/aromatic N) is 3. The summed E-state index contributed by atoms with van der Waals surface area (Å²) in [6.07, 6.45) is 1.78. The molecule has 0 saturated carbocycles. The van der Waals surface area contributed by atoms with Crippen LogP contribution in [0.25, 0.3) is 22.4 Å². The van der Waals surface area contributed by atoms with Crippen molar-refractivity contribution in [3.05, 3.63) is 77.1 Å². The standard InChI is InChI=1S/C17H11N3O/c18-12-20-16(21)11-15(13-7-3-1-4-8-13)17(19-20)14-9-5-2-6-10-14/h1-11H. The molecule has 0 spiro atoms. The van der Waals surface area contributed by atoms with E-state index in [-0.39, 0.29) is 0 Å². The molecular formula is C17H11N3O. The molecule has 1 heterocycles.